The molecule has 5 heteroatoms. The van der Waals surface area contributed by atoms with E-state index in [0.29, 0.717) is 5.02 Å². The number of carboxylic acid groups (broad SMARTS) is 1. The molecule has 0 aromatic heterocycles. The zero-order valence-corrected chi connectivity index (χ0v) is 12.2. The summed E-state index contributed by atoms with van der Waals surface area (Å²) in [6.07, 6.45) is 0. The molecule has 0 saturated heterocycles. The number of nitrogens with zero attached hydrogens (tertiary/aromatic N) is 1. The van der Waals surface area contributed by atoms with Crippen LogP contribution in [0.2, 0.25) is 5.02 Å². The second-order valence-electron chi connectivity index (χ2n) is 5.06. The number of amides is 1. The van der Waals surface area contributed by atoms with Crippen molar-refractivity contribution in [3.63, 3.8) is 0 Å². The maximum absolute atomic E-state index is 12.4. The molecule has 0 radical (unpaired) electrons. The third kappa shape index (κ3) is 3.26. The van der Waals surface area contributed by atoms with Crippen LogP contribution in [0.3, 0.4) is 0 Å². The predicted octanol–water partition coefficient (Wildman–Crippen LogP) is 2.55. The fourth-order valence-electron chi connectivity index (χ4n) is 1.77. The molecule has 0 saturated carbocycles. The summed E-state index contributed by atoms with van der Waals surface area (Å²) in [7, 11) is 1.50. The fraction of sp³-hybridized carbons (Fsp3) is 0.429. The molecule has 4 nitrogen and oxygen atoms in total. The summed E-state index contributed by atoms with van der Waals surface area (Å²) in [6.45, 7) is 5.02. The van der Waals surface area contributed by atoms with Gasteiger partial charge >= 0.3 is 5.97 Å². The summed E-state index contributed by atoms with van der Waals surface area (Å²) in [6, 6.07) is 6.12. The summed E-state index contributed by atoms with van der Waals surface area (Å²) >= 11 is 5.82. The third-order valence-corrected chi connectivity index (χ3v) is 3.61. The molecule has 1 atom stereocenters. The minimum Gasteiger partial charge on any atom is -0.480 e. The van der Waals surface area contributed by atoms with Crippen LogP contribution in [-0.4, -0.2) is 35.0 Å². The molecule has 0 spiro atoms. The quantitative estimate of drug-likeness (QED) is 0.924. The first-order chi connectivity index (χ1) is 8.67. The molecule has 1 rings (SSSR count). The standard InChI is InChI=1S/C14H18ClNO3/c1-9(12(17)18)16(4)13(19)14(2,3)10-5-7-11(15)8-6-10/h5-9H,1-4H3,(H,17,18). The van der Waals surface area contributed by atoms with Crippen molar-refractivity contribution >= 4 is 23.5 Å². The van der Waals surface area contributed by atoms with E-state index in [0.717, 1.165) is 5.56 Å². The van der Waals surface area contributed by atoms with Crippen LogP contribution in [-0.2, 0) is 15.0 Å². The molecule has 1 N–H and O–H groups in total. The van der Waals surface area contributed by atoms with Gasteiger partial charge in [-0.3, -0.25) is 4.79 Å². The summed E-state index contributed by atoms with van der Waals surface area (Å²) in [5, 5.41) is 9.56. The first-order valence-corrected chi connectivity index (χ1v) is 6.32. The summed E-state index contributed by atoms with van der Waals surface area (Å²) < 4.78 is 0. The number of carbonyl (C=O) groups excluding carboxylic acids is 1. The van der Waals surface area contributed by atoms with Gasteiger partial charge in [0.25, 0.3) is 0 Å². The van der Waals surface area contributed by atoms with Gasteiger partial charge in [0.1, 0.15) is 6.04 Å². The largest absolute Gasteiger partial charge is 0.480 e. The number of hydrogen-bond acceptors (Lipinski definition) is 2. The Balaban J connectivity index is 3.02. The molecule has 1 amide bonds. The van der Waals surface area contributed by atoms with Gasteiger partial charge in [0, 0.05) is 12.1 Å². The van der Waals surface area contributed by atoms with E-state index < -0.39 is 17.4 Å². The summed E-state index contributed by atoms with van der Waals surface area (Å²) in [5.41, 5.74) is -0.00499. The van der Waals surface area contributed by atoms with Crippen LogP contribution in [0.4, 0.5) is 0 Å². The van der Waals surface area contributed by atoms with Gasteiger partial charge in [-0.1, -0.05) is 23.7 Å². The van der Waals surface area contributed by atoms with Crippen LogP contribution in [0.25, 0.3) is 0 Å². The number of carboxylic acids is 1. The van der Waals surface area contributed by atoms with E-state index in [1.165, 1.54) is 18.9 Å². The number of hydrogen-bond donors (Lipinski definition) is 1. The van der Waals surface area contributed by atoms with Gasteiger partial charge in [-0.25, -0.2) is 4.79 Å². The number of rotatable bonds is 4. The summed E-state index contributed by atoms with van der Waals surface area (Å²) in [4.78, 5) is 24.6. The van der Waals surface area contributed by atoms with Crippen LogP contribution in [0.1, 0.15) is 26.3 Å². The van der Waals surface area contributed by atoms with E-state index in [2.05, 4.69) is 0 Å². The van der Waals surface area contributed by atoms with Gasteiger partial charge in [-0.2, -0.15) is 0 Å². The van der Waals surface area contributed by atoms with Crippen molar-refractivity contribution in [2.45, 2.75) is 32.2 Å². The van der Waals surface area contributed by atoms with Crippen molar-refractivity contribution in [3.8, 4) is 0 Å². The first-order valence-electron chi connectivity index (χ1n) is 5.94. The average molecular weight is 284 g/mol. The number of carbonyl (C=O) groups is 2. The van der Waals surface area contributed by atoms with E-state index in [9.17, 15) is 9.59 Å². The van der Waals surface area contributed by atoms with Crippen molar-refractivity contribution in [3.05, 3.63) is 34.9 Å². The maximum Gasteiger partial charge on any atom is 0.326 e. The Morgan fingerprint density at radius 1 is 1.26 bits per heavy atom. The van der Waals surface area contributed by atoms with Gasteiger partial charge in [0.15, 0.2) is 0 Å². The van der Waals surface area contributed by atoms with Gasteiger partial charge < -0.3 is 10.0 Å². The van der Waals surface area contributed by atoms with Crippen LogP contribution in [0, 0.1) is 0 Å². The molecule has 0 aliphatic heterocycles. The zero-order chi connectivity index (χ0) is 14.8. The van der Waals surface area contributed by atoms with Crippen molar-refractivity contribution in [1.82, 2.24) is 4.90 Å². The molecule has 1 aromatic rings. The SMILES string of the molecule is CC(C(=O)O)N(C)C(=O)C(C)(C)c1ccc(Cl)cc1. The highest BCUT2D eigenvalue weighted by Gasteiger charge is 2.35. The maximum atomic E-state index is 12.4. The van der Waals surface area contributed by atoms with Crippen LogP contribution >= 0.6 is 11.6 Å². The lowest BCUT2D eigenvalue weighted by atomic mass is 9.83. The highest BCUT2D eigenvalue weighted by molar-refractivity contribution is 6.30. The van der Waals surface area contributed by atoms with E-state index in [4.69, 9.17) is 16.7 Å². The highest BCUT2D eigenvalue weighted by Crippen LogP contribution is 2.27. The smallest absolute Gasteiger partial charge is 0.326 e. The molecule has 0 fully saturated rings. The molecule has 0 heterocycles. The minimum atomic E-state index is -1.03. The molecule has 104 valence electrons. The van der Waals surface area contributed by atoms with E-state index in [1.807, 2.05) is 0 Å². The second kappa shape index (κ2) is 5.61. The lowest BCUT2D eigenvalue weighted by Crippen LogP contribution is -2.48. The Kier molecular flexibility index (Phi) is 4.58. The van der Waals surface area contributed by atoms with E-state index in [1.54, 1.807) is 38.1 Å². The number of likely N-dealkylation sites (N-methyl/N-ethyl adjacent to an activating group) is 1. The van der Waals surface area contributed by atoms with Crippen LogP contribution in [0.5, 0.6) is 0 Å². The minimum absolute atomic E-state index is 0.246. The number of halogens is 1. The molecule has 1 aromatic carbocycles. The van der Waals surface area contributed by atoms with Crippen molar-refractivity contribution in [2.75, 3.05) is 7.05 Å². The van der Waals surface area contributed by atoms with E-state index in [-0.39, 0.29) is 5.91 Å². The molecule has 1 unspecified atom stereocenters. The molecule has 0 bridgehead atoms. The number of benzene rings is 1. The van der Waals surface area contributed by atoms with Gasteiger partial charge in [0.05, 0.1) is 5.41 Å². The van der Waals surface area contributed by atoms with E-state index >= 15 is 0 Å². The Labute approximate surface area is 118 Å². The summed E-state index contributed by atoms with van der Waals surface area (Å²) in [5.74, 6) is -1.27. The van der Waals surface area contributed by atoms with Crippen LogP contribution < -0.4 is 0 Å². The number of aliphatic carboxylic acids is 1. The Bertz CT molecular complexity index is 482. The molecule has 19 heavy (non-hydrogen) atoms. The average Bonchev–Trinajstić information content (AvgIpc) is 2.36. The zero-order valence-electron chi connectivity index (χ0n) is 11.5. The Morgan fingerprint density at radius 2 is 1.74 bits per heavy atom. The second-order valence-corrected chi connectivity index (χ2v) is 5.50. The van der Waals surface area contributed by atoms with Crippen molar-refractivity contribution in [2.24, 2.45) is 0 Å². The lowest BCUT2D eigenvalue weighted by Gasteiger charge is -2.32. The molecular weight excluding hydrogens is 266 g/mol. The Morgan fingerprint density at radius 3 is 2.16 bits per heavy atom. The van der Waals surface area contributed by atoms with Gasteiger partial charge in [0.2, 0.25) is 5.91 Å². The monoisotopic (exact) mass is 283 g/mol. The first kappa shape index (κ1) is 15.5. The molecule has 0 aliphatic carbocycles. The molecular formula is C14H18ClNO3. The normalized spacial score (nSPS) is 12.9. The molecule has 0 aliphatic rings. The fourth-order valence-corrected chi connectivity index (χ4v) is 1.90. The van der Waals surface area contributed by atoms with Crippen LogP contribution in [0.15, 0.2) is 24.3 Å². The van der Waals surface area contributed by atoms with Gasteiger partial charge in [-0.15, -0.1) is 0 Å². The van der Waals surface area contributed by atoms with Crippen molar-refractivity contribution < 1.29 is 14.7 Å². The Hall–Kier alpha value is -1.55. The lowest BCUT2D eigenvalue weighted by molar-refractivity contribution is -0.150. The third-order valence-electron chi connectivity index (χ3n) is 3.36. The highest BCUT2D eigenvalue weighted by atomic mass is 35.5. The predicted molar refractivity (Wildman–Crippen MR) is 74.3 cm³/mol. The topological polar surface area (TPSA) is 57.6 Å². The van der Waals surface area contributed by atoms with Gasteiger partial charge in [-0.05, 0) is 38.5 Å². The van der Waals surface area contributed by atoms with Crippen molar-refractivity contribution in [1.29, 1.82) is 0 Å².